The number of hydrogen-bond donors (Lipinski definition) is 2. The van der Waals surface area contributed by atoms with Gasteiger partial charge in [-0.05, 0) is 42.2 Å². The van der Waals surface area contributed by atoms with Crippen LogP contribution < -0.4 is 5.73 Å². The van der Waals surface area contributed by atoms with Gasteiger partial charge in [0.15, 0.2) is 0 Å². The van der Waals surface area contributed by atoms with Crippen LogP contribution in [-0.2, 0) is 13.6 Å². The van der Waals surface area contributed by atoms with Gasteiger partial charge in [-0.25, -0.2) is 4.98 Å². The lowest BCUT2D eigenvalue weighted by molar-refractivity contribution is 0.1000. The van der Waals surface area contributed by atoms with Crippen LogP contribution >= 0.6 is 0 Å². The summed E-state index contributed by atoms with van der Waals surface area (Å²) in [4.78, 5) is 16.8. The average molecular weight is 494 g/mol. The molecule has 0 bridgehead atoms. The maximum absolute atomic E-state index is 11.7. The second-order valence-electron chi connectivity index (χ2n) is 9.79. The van der Waals surface area contributed by atoms with Crippen molar-refractivity contribution in [2.75, 3.05) is 0 Å². The zero-order valence-electron chi connectivity index (χ0n) is 21.5. The molecule has 7 nitrogen and oxygen atoms in total. The van der Waals surface area contributed by atoms with Gasteiger partial charge in [-0.2, -0.15) is 5.10 Å². The molecule has 3 N–H and O–H groups in total. The quantitative estimate of drug-likeness (QED) is 0.318. The van der Waals surface area contributed by atoms with Gasteiger partial charge in [0.05, 0.1) is 23.9 Å². The number of aliphatic hydroxyl groups is 1. The number of nitrogens with zero attached hydrogens (tertiary/aromatic N) is 4. The minimum atomic E-state index is -0.655. The van der Waals surface area contributed by atoms with Gasteiger partial charge in [-0.15, -0.1) is 0 Å². The second-order valence-corrected chi connectivity index (χ2v) is 9.79. The van der Waals surface area contributed by atoms with Gasteiger partial charge in [0.1, 0.15) is 5.82 Å². The first-order valence-corrected chi connectivity index (χ1v) is 12.4. The molecule has 5 aromatic rings. The van der Waals surface area contributed by atoms with Crippen LogP contribution in [0.15, 0.2) is 72.9 Å². The van der Waals surface area contributed by atoms with Crippen LogP contribution in [0.1, 0.15) is 53.0 Å². The number of primary amides is 1. The van der Waals surface area contributed by atoms with Crippen molar-refractivity contribution in [3.05, 3.63) is 95.3 Å². The van der Waals surface area contributed by atoms with Crippen molar-refractivity contribution < 1.29 is 9.90 Å². The van der Waals surface area contributed by atoms with E-state index < -0.39 is 12.0 Å². The molecule has 2 aromatic heterocycles. The van der Waals surface area contributed by atoms with Gasteiger partial charge in [-0.3, -0.25) is 9.48 Å². The van der Waals surface area contributed by atoms with Crippen LogP contribution in [0.5, 0.6) is 0 Å². The molecule has 0 radical (unpaired) electrons. The number of benzene rings is 3. The predicted molar refractivity (Wildman–Crippen MR) is 146 cm³/mol. The summed E-state index contributed by atoms with van der Waals surface area (Å²) in [6.45, 7) is 6.64. The molecule has 0 saturated carbocycles. The number of nitrogens with two attached hydrogens (primary N) is 1. The first kappa shape index (κ1) is 24.5. The highest BCUT2D eigenvalue weighted by Gasteiger charge is 2.23. The Morgan fingerprint density at radius 1 is 1.03 bits per heavy atom. The molecule has 5 rings (SSSR count). The summed E-state index contributed by atoms with van der Waals surface area (Å²) in [6, 6.07) is 21.1. The summed E-state index contributed by atoms with van der Waals surface area (Å²) in [5, 5.41) is 16.5. The van der Waals surface area contributed by atoms with Crippen molar-refractivity contribution in [2.45, 2.75) is 39.3 Å². The molecule has 7 heteroatoms. The number of carbonyl (C=O) groups excluding carboxylic acids is 1. The fourth-order valence-corrected chi connectivity index (χ4v) is 5.03. The second kappa shape index (κ2) is 9.67. The third-order valence-corrected chi connectivity index (χ3v) is 6.83. The standard InChI is InChI=1S/C30H31N5O2/c1-18(2)28-27(32-30(34(28)4)22-14-13-21(29(31)37)15-19(22)3)23-11-8-12-25-24(23)16-35(33-25)17-26(36)20-9-6-5-7-10-20/h5-16,18,26,36H,17H2,1-4H3,(H2,31,37)/t26-/m0/s1. The van der Waals surface area contributed by atoms with Gasteiger partial charge in [0, 0.05) is 41.0 Å². The molecule has 1 amide bonds. The molecule has 0 fully saturated rings. The first-order valence-electron chi connectivity index (χ1n) is 12.4. The van der Waals surface area contributed by atoms with Crippen molar-refractivity contribution in [3.8, 4) is 22.6 Å². The zero-order valence-corrected chi connectivity index (χ0v) is 21.5. The Morgan fingerprint density at radius 3 is 2.46 bits per heavy atom. The van der Waals surface area contributed by atoms with Crippen molar-refractivity contribution in [3.63, 3.8) is 0 Å². The van der Waals surface area contributed by atoms with Gasteiger partial charge < -0.3 is 15.4 Å². The maximum atomic E-state index is 11.7. The number of aliphatic hydroxyl groups excluding tert-OH is 1. The Bertz CT molecular complexity index is 1600. The molecule has 0 aliphatic heterocycles. The van der Waals surface area contributed by atoms with Gasteiger partial charge in [-0.1, -0.05) is 62.4 Å². The van der Waals surface area contributed by atoms with Crippen LogP contribution in [0.25, 0.3) is 33.5 Å². The Balaban J connectivity index is 1.60. The molecule has 3 aromatic carbocycles. The molecule has 188 valence electrons. The largest absolute Gasteiger partial charge is 0.386 e. The SMILES string of the molecule is Cc1cc(C(N)=O)ccc1-c1nc(-c2cccc3nn(C[C@H](O)c4ccccc4)cc23)c(C(C)C)n1C. The Hall–Kier alpha value is -4.23. The lowest BCUT2D eigenvalue weighted by atomic mass is 10.0. The van der Waals surface area contributed by atoms with Crippen LogP contribution in [0.4, 0.5) is 0 Å². The Morgan fingerprint density at radius 2 is 1.78 bits per heavy atom. The number of rotatable bonds is 7. The smallest absolute Gasteiger partial charge is 0.248 e. The fraction of sp³-hybridized carbons (Fsp3) is 0.233. The number of hydrogen-bond acceptors (Lipinski definition) is 4. The lowest BCUT2D eigenvalue weighted by Crippen LogP contribution is -2.11. The third-order valence-electron chi connectivity index (χ3n) is 6.83. The van der Waals surface area contributed by atoms with E-state index in [4.69, 9.17) is 15.8 Å². The minimum absolute atomic E-state index is 0.219. The topological polar surface area (TPSA) is 99.0 Å². The molecule has 0 aliphatic rings. The molecular weight excluding hydrogens is 462 g/mol. The average Bonchev–Trinajstić information content (AvgIpc) is 3.44. The van der Waals surface area contributed by atoms with Crippen molar-refractivity contribution in [1.82, 2.24) is 19.3 Å². The van der Waals surface area contributed by atoms with Crippen molar-refractivity contribution >= 4 is 16.8 Å². The van der Waals surface area contributed by atoms with Gasteiger partial charge in [0.25, 0.3) is 0 Å². The van der Waals surface area contributed by atoms with Crippen LogP contribution in [0.3, 0.4) is 0 Å². The number of fused-ring (bicyclic) bond motifs is 1. The predicted octanol–water partition coefficient (Wildman–Crippen LogP) is 5.37. The van der Waals surface area contributed by atoms with E-state index in [2.05, 4.69) is 24.5 Å². The van der Waals surface area contributed by atoms with Crippen LogP contribution in [-0.4, -0.2) is 30.3 Å². The zero-order chi connectivity index (χ0) is 26.3. The summed E-state index contributed by atoms with van der Waals surface area (Å²) < 4.78 is 3.94. The summed E-state index contributed by atoms with van der Waals surface area (Å²) in [5.41, 5.74) is 12.6. The van der Waals surface area contributed by atoms with Crippen molar-refractivity contribution in [2.24, 2.45) is 12.8 Å². The summed E-state index contributed by atoms with van der Waals surface area (Å²) >= 11 is 0. The highest BCUT2D eigenvalue weighted by atomic mass is 16.3. The number of amides is 1. The number of imidazole rings is 1. The molecule has 0 unspecified atom stereocenters. The number of aromatic nitrogens is 4. The van der Waals surface area contributed by atoms with E-state index in [0.717, 1.165) is 50.4 Å². The fourth-order valence-electron chi connectivity index (χ4n) is 5.03. The first-order chi connectivity index (χ1) is 17.7. The highest BCUT2D eigenvalue weighted by molar-refractivity contribution is 5.95. The number of carbonyl (C=O) groups is 1. The minimum Gasteiger partial charge on any atom is -0.386 e. The summed E-state index contributed by atoms with van der Waals surface area (Å²) in [6.07, 6.45) is 1.33. The van der Waals surface area contributed by atoms with E-state index in [1.165, 1.54) is 0 Å². The molecular formula is C30H31N5O2. The molecule has 0 aliphatic carbocycles. The molecule has 0 spiro atoms. The lowest BCUT2D eigenvalue weighted by Gasteiger charge is -2.12. The maximum Gasteiger partial charge on any atom is 0.248 e. The molecule has 2 heterocycles. The molecule has 0 saturated heterocycles. The van der Waals surface area contributed by atoms with E-state index >= 15 is 0 Å². The van der Waals surface area contributed by atoms with E-state index in [1.54, 1.807) is 10.7 Å². The monoisotopic (exact) mass is 493 g/mol. The van der Waals surface area contributed by atoms with Crippen LogP contribution in [0, 0.1) is 6.92 Å². The van der Waals surface area contributed by atoms with E-state index in [0.29, 0.717) is 12.1 Å². The van der Waals surface area contributed by atoms with E-state index in [1.807, 2.05) is 74.8 Å². The number of aryl methyl sites for hydroxylation is 1. The summed E-state index contributed by atoms with van der Waals surface area (Å²) in [5.74, 6) is 0.604. The normalized spacial score (nSPS) is 12.4. The Kier molecular flexibility index (Phi) is 6.39. The van der Waals surface area contributed by atoms with Gasteiger partial charge in [0.2, 0.25) is 5.91 Å². The Labute approximate surface area is 216 Å². The molecule has 1 atom stereocenters. The van der Waals surface area contributed by atoms with Gasteiger partial charge >= 0.3 is 0 Å². The van der Waals surface area contributed by atoms with E-state index in [-0.39, 0.29) is 5.92 Å². The van der Waals surface area contributed by atoms with Crippen molar-refractivity contribution in [1.29, 1.82) is 0 Å². The van der Waals surface area contributed by atoms with E-state index in [9.17, 15) is 9.90 Å². The van der Waals surface area contributed by atoms with Crippen LogP contribution in [0.2, 0.25) is 0 Å². The third kappa shape index (κ3) is 4.54. The summed E-state index contributed by atoms with van der Waals surface area (Å²) in [7, 11) is 2.03. The highest BCUT2D eigenvalue weighted by Crippen LogP contribution is 2.37. The molecule has 37 heavy (non-hydrogen) atoms.